The van der Waals surface area contributed by atoms with Crippen LogP contribution in [0.3, 0.4) is 0 Å². The number of carbonyl (C=O) groups excluding carboxylic acids is 1. The van der Waals surface area contributed by atoms with Gasteiger partial charge in [0.1, 0.15) is 0 Å². The monoisotopic (exact) mass is 389 g/mol. The van der Waals surface area contributed by atoms with E-state index in [1.807, 2.05) is 43.3 Å². The van der Waals surface area contributed by atoms with Gasteiger partial charge in [0, 0.05) is 12.6 Å². The first kappa shape index (κ1) is 20.1. The first-order chi connectivity index (χ1) is 14.1. The van der Waals surface area contributed by atoms with Crippen LogP contribution in [0.2, 0.25) is 0 Å². The van der Waals surface area contributed by atoms with Gasteiger partial charge in [0.25, 0.3) is 0 Å². The number of amides is 1. The van der Waals surface area contributed by atoms with E-state index >= 15 is 0 Å². The van der Waals surface area contributed by atoms with E-state index in [0.29, 0.717) is 23.2 Å². The fraction of sp³-hybridized carbons (Fsp3) is 0.174. The number of nitrogens with zero attached hydrogens (tertiary/aromatic N) is 1. The molecule has 0 atom stereocenters. The van der Waals surface area contributed by atoms with Crippen molar-refractivity contribution in [2.45, 2.75) is 26.2 Å². The van der Waals surface area contributed by atoms with Crippen LogP contribution in [0.1, 0.15) is 25.3 Å². The summed E-state index contributed by atoms with van der Waals surface area (Å²) in [5.41, 5.74) is 5.03. The number of oxazole rings is 1. The smallest absolute Gasteiger partial charge is 0.408 e. The minimum Gasteiger partial charge on any atom is -0.408 e. The van der Waals surface area contributed by atoms with Gasteiger partial charge < -0.3 is 9.73 Å². The summed E-state index contributed by atoms with van der Waals surface area (Å²) in [5.74, 6) is -0.499. The Morgan fingerprint density at radius 1 is 1.21 bits per heavy atom. The standard InChI is InChI=1S/C23H23N3O3/c1-3-5-19(15-24-2)25-22(27)7-4-6-16-8-10-17(11-9-16)18-12-13-20-21(14-18)29-23(28)26-20/h3,5,8-15H,2,4,6-7H2,1H3,(H,25,27)(H,26,28)/b5-3-,19-15+. The van der Waals surface area contributed by atoms with E-state index in [1.54, 1.807) is 6.08 Å². The van der Waals surface area contributed by atoms with E-state index in [0.717, 1.165) is 29.5 Å². The van der Waals surface area contributed by atoms with Crippen LogP contribution in [0.5, 0.6) is 0 Å². The zero-order valence-corrected chi connectivity index (χ0v) is 16.3. The van der Waals surface area contributed by atoms with Gasteiger partial charge in [-0.05, 0) is 61.4 Å². The molecule has 0 saturated carbocycles. The molecule has 148 valence electrons. The molecule has 0 unspecified atom stereocenters. The molecule has 6 heteroatoms. The molecule has 0 radical (unpaired) electrons. The normalized spacial score (nSPS) is 11.8. The molecular formula is C23H23N3O3. The maximum absolute atomic E-state index is 12.1. The molecule has 1 amide bonds. The van der Waals surface area contributed by atoms with Gasteiger partial charge in [-0.25, -0.2) is 4.79 Å². The predicted octanol–water partition coefficient (Wildman–Crippen LogP) is 4.35. The van der Waals surface area contributed by atoms with Crippen LogP contribution in [-0.2, 0) is 11.2 Å². The SMILES string of the molecule is C=N/C=C(\C=C/C)NC(=O)CCCc1ccc(-c2ccc3[nH]c(=O)oc3c2)cc1. The van der Waals surface area contributed by atoms with Gasteiger partial charge in [0.2, 0.25) is 5.91 Å². The number of hydrogen-bond acceptors (Lipinski definition) is 4. The lowest BCUT2D eigenvalue weighted by atomic mass is 10.0. The zero-order valence-electron chi connectivity index (χ0n) is 16.3. The van der Waals surface area contributed by atoms with E-state index in [2.05, 4.69) is 34.1 Å². The third-order valence-electron chi connectivity index (χ3n) is 4.44. The molecule has 0 bridgehead atoms. The van der Waals surface area contributed by atoms with Crippen molar-refractivity contribution in [2.75, 3.05) is 0 Å². The molecule has 0 fully saturated rings. The molecule has 0 aliphatic carbocycles. The number of fused-ring (bicyclic) bond motifs is 1. The Bertz CT molecular complexity index is 1120. The Morgan fingerprint density at radius 2 is 1.97 bits per heavy atom. The van der Waals surface area contributed by atoms with Gasteiger partial charge >= 0.3 is 5.76 Å². The molecule has 1 heterocycles. The number of allylic oxidation sites excluding steroid dienone is 2. The van der Waals surface area contributed by atoms with Gasteiger partial charge in [-0.2, -0.15) is 0 Å². The van der Waals surface area contributed by atoms with E-state index in [4.69, 9.17) is 4.42 Å². The summed E-state index contributed by atoms with van der Waals surface area (Å²) in [4.78, 5) is 29.7. The van der Waals surface area contributed by atoms with Crippen molar-refractivity contribution in [2.24, 2.45) is 4.99 Å². The molecule has 0 saturated heterocycles. The number of aliphatic imine (C=N–C) groups is 1. The quantitative estimate of drug-likeness (QED) is 0.444. The van der Waals surface area contributed by atoms with Crippen LogP contribution in [0.4, 0.5) is 0 Å². The maximum atomic E-state index is 12.1. The van der Waals surface area contributed by atoms with Crippen molar-refractivity contribution in [1.82, 2.24) is 10.3 Å². The summed E-state index contributed by atoms with van der Waals surface area (Å²) in [5, 5.41) is 2.82. The molecule has 0 spiro atoms. The first-order valence-electron chi connectivity index (χ1n) is 9.40. The highest BCUT2D eigenvalue weighted by Crippen LogP contribution is 2.24. The lowest BCUT2D eigenvalue weighted by Gasteiger charge is -2.07. The highest BCUT2D eigenvalue weighted by molar-refractivity contribution is 5.80. The molecule has 0 aliphatic rings. The minimum absolute atomic E-state index is 0.0454. The van der Waals surface area contributed by atoms with Gasteiger partial charge in [0.05, 0.1) is 11.2 Å². The lowest BCUT2D eigenvalue weighted by molar-refractivity contribution is -0.120. The van der Waals surface area contributed by atoms with Crippen molar-refractivity contribution in [3.63, 3.8) is 0 Å². The van der Waals surface area contributed by atoms with E-state index < -0.39 is 5.76 Å². The molecular weight excluding hydrogens is 366 g/mol. The fourth-order valence-electron chi connectivity index (χ4n) is 3.06. The molecule has 0 aliphatic heterocycles. The van der Waals surface area contributed by atoms with Crippen molar-refractivity contribution in [3.05, 3.63) is 82.6 Å². The van der Waals surface area contributed by atoms with Crippen molar-refractivity contribution in [1.29, 1.82) is 0 Å². The second-order valence-electron chi connectivity index (χ2n) is 6.59. The summed E-state index contributed by atoms with van der Waals surface area (Å²) in [7, 11) is 0. The van der Waals surface area contributed by atoms with Gasteiger partial charge in [-0.1, -0.05) is 36.4 Å². The van der Waals surface area contributed by atoms with Crippen LogP contribution >= 0.6 is 0 Å². The molecule has 1 aromatic heterocycles. The highest BCUT2D eigenvalue weighted by atomic mass is 16.4. The number of rotatable bonds is 8. The van der Waals surface area contributed by atoms with E-state index in [9.17, 15) is 9.59 Å². The fourth-order valence-corrected chi connectivity index (χ4v) is 3.06. The molecule has 2 aromatic carbocycles. The van der Waals surface area contributed by atoms with Crippen LogP contribution in [0.15, 0.2) is 80.7 Å². The Kier molecular flexibility index (Phi) is 6.58. The third kappa shape index (κ3) is 5.42. The summed E-state index contributed by atoms with van der Waals surface area (Å²) in [6.45, 7) is 5.28. The topological polar surface area (TPSA) is 87.5 Å². The van der Waals surface area contributed by atoms with Crippen molar-refractivity contribution in [3.8, 4) is 11.1 Å². The maximum Gasteiger partial charge on any atom is 0.417 e. The molecule has 3 rings (SSSR count). The number of benzene rings is 2. The van der Waals surface area contributed by atoms with Gasteiger partial charge in [-0.15, -0.1) is 0 Å². The van der Waals surface area contributed by atoms with Gasteiger partial charge in [0.15, 0.2) is 5.58 Å². The minimum atomic E-state index is -0.453. The van der Waals surface area contributed by atoms with Crippen LogP contribution in [0, 0.1) is 0 Å². The third-order valence-corrected chi connectivity index (χ3v) is 4.44. The summed E-state index contributed by atoms with van der Waals surface area (Å²) in [6, 6.07) is 13.8. The number of aromatic amines is 1. The first-order valence-corrected chi connectivity index (χ1v) is 9.40. The van der Waals surface area contributed by atoms with E-state index in [1.165, 1.54) is 6.20 Å². The average Bonchev–Trinajstić information content (AvgIpc) is 3.08. The number of carbonyl (C=O) groups is 1. The molecule has 6 nitrogen and oxygen atoms in total. The van der Waals surface area contributed by atoms with Crippen LogP contribution in [-0.4, -0.2) is 17.6 Å². The Hall–Kier alpha value is -3.67. The number of aromatic nitrogens is 1. The number of hydrogen-bond donors (Lipinski definition) is 2. The van der Waals surface area contributed by atoms with Gasteiger partial charge in [-0.3, -0.25) is 14.8 Å². The zero-order chi connectivity index (χ0) is 20.6. The second-order valence-corrected chi connectivity index (χ2v) is 6.59. The van der Waals surface area contributed by atoms with Crippen LogP contribution in [0.25, 0.3) is 22.2 Å². The second kappa shape index (κ2) is 9.50. The summed E-state index contributed by atoms with van der Waals surface area (Å²) < 4.78 is 5.12. The summed E-state index contributed by atoms with van der Waals surface area (Å²) >= 11 is 0. The highest BCUT2D eigenvalue weighted by Gasteiger charge is 2.06. The Morgan fingerprint density at radius 3 is 2.69 bits per heavy atom. The molecule has 3 aromatic rings. The Labute approximate surface area is 168 Å². The van der Waals surface area contributed by atoms with E-state index in [-0.39, 0.29) is 5.91 Å². The largest absolute Gasteiger partial charge is 0.417 e. The number of aryl methyl sites for hydroxylation is 1. The van der Waals surface area contributed by atoms with Crippen molar-refractivity contribution >= 4 is 23.7 Å². The average molecular weight is 389 g/mol. The molecule has 29 heavy (non-hydrogen) atoms. The van der Waals surface area contributed by atoms with Crippen molar-refractivity contribution < 1.29 is 9.21 Å². The summed E-state index contributed by atoms with van der Waals surface area (Å²) in [6.07, 6.45) is 7.11. The predicted molar refractivity (Wildman–Crippen MR) is 116 cm³/mol. The lowest BCUT2D eigenvalue weighted by Crippen LogP contribution is -2.21. The molecule has 2 N–H and O–H groups in total. The number of nitrogens with one attached hydrogen (secondary N) is 2. The Balaban J connectivity index is 1.56. The van der Waals surface area contributed by atoms with Crippen LogP contribution < -0.4 is 11.1 Å². The number of H-pyrrole nitrogens is 1.